The average molecular weight is 306 g/mol. The molecule has 2 atom stereocenters. The van der Waals surface area contributed by atoms with E-state index in [0.717, 1.165) is 61.3 Å². The first-order valence-corrected chi connectivity index (χ1v) is 8.08. The fourth-order valence-electron chi connectivity index (χ4n) is 2.76. The van der Waals surface area contributed by atoms with Crippen molar-refractivity contribution in [3.05, 3.63) is 16.1 Å². The summed E-state index contributed by atoms with van der Waals surface area (Å²) in [7, 11) is 0. The molecular weight excluding hydrogens is 285 g/mol. The molecule has 0 radical (unpaired) electrons. The Labute approximate surface area is 121 Å². The summed E-state index contributed by atoms with van der Waals surface area (Å²) in [6, 6.07) is 0.430. The van der Waals surface area contributed by atoms with Gasteiger partial charge in [0, 0.05) is 17.1 Å². The average Bonchev–Trinajstić information content (AvgIpc) is 2.77. The van der Waals surface area contributed by atoms with E-state index in [1.54, 1.807) is 0 Å². The monoisotopic (exact) mass is 306 g/mol. The number of rotatable bonds is 4. The number of hydrogen-bond donors (Lipinski definition) is 1. The predicted octanol–water partition coefficient (Wildman–Crippen LogP) is 4.58. The van der Waals surface area contributed by atoms with Crippen molar-refractivity contribution in [1.29, 1.82) is 0 Å². The van der Waals surface area contributed by atoms with Crippen LogP contribution in [0, 0.1) is 0 Å². The number of hydrogen-bond acceptors (Lipinski definition) is 3. The highest BCUT2D eigenvalue weighted by molar-refractivity contribution is 7.11. The second kappa shape index (κ2) is 6.89. The van der Waals surface area contributed by atoms with Crippen molar-refractivity contribution in [3.8, 4) is 0 Å². The van der Waals surface area contributed by atoms with Gasteiger partial charge in [0.15, 0.2) is 5.01 Å². The fraction of sp³-hybridized carbons (Fsp3) is 0.786. The predicted molar refractivity (Wildman–Crippen MR) is 75.0 cm³/mol. The maximum Gasteiger partial charge on any atom is 0.443 e. The first-order chi connectivity index (χ1) is 9.50. The van der Waals surface area contributed by atoms with Crippen LogP contribution in [-0.2, 0) is 6.18 Å². The van der Waals surface area contributed by atoms with Gasteiger partial charge in [-0.3, -0.25) is 0 Å². The van der Waals surface area contributed by atoms with E-state index in [9.17, 15) is 13.2 Å². The summed E-state index contributed by atoms with van der Waals surface area (Å²) >= 11 is 0.818. The van der Waals surface area contributed by atoms with Gasteiger partial charge in [-0.15, -0.1) is 11.3 Å². The van der Waals surface area contributed by atoms with Crippen molar-refractivity contribution in [3.63, 3.8) is 0 Å². The molecule has 0 aromatic carbocycles. The minimum Gasteiger partial charge on any atom is -0.314 e. The van der Waals surface area contributed by atoms with Gasteiger partial charge in [-0.25, -0.2) is 4.98 Å². The number of alkyl halides is 3. The highest BCUT2D eigenvalue weighted by atomic mass is 32.1. The van der Waals surface area contributed by atoms with E-state index in [2.05, 4.69) is 17.2 Å². The molecule has 1 aliphatic rings. The molecule has 0 bridgehead atoms. The molecule has 2 rings (SSSR count). The van der Waals surface area contributed by atoms with Crippen LogP contribution in [0.2, 0.25) is 0 Å². The Bertz CT molecular complexity index is 417. The van der Waals surface area contributed by atoms with Gasteiger partial charge in [0.1, 0.15) is 0 Å². The van der Waals surface area contributed by atoms with Gasteiger partial charge in [-0.05, 0) is 38.1 Å². The Morgan fingerprint density at radius 1 is 1.35 bits per heavy atom. The molecule has 1 aromatic rings. The summed E-state index contributed by atoms with van der Waals surface area (Å²) in [5.41, 5.74) is 0. The lowest BCUT2D eigenvalue weighted by atomic mass is 9.97. The van der Waals surface area contributed by atoms with Gasteiger partial charge >= 0.3 is 6.18 Å². The lowest BCUT2D eigenvalue weighted by Gasteiger charge is -2.20. The Morgan fingerprint density at radius 2 is 2.10 bits per heavy atom. The second-order valence-corrected chi connectivity index (χ2v) is 6.50. The topological polar surface area (TPSA) is 24.9 Å². The van der Waals surface area contributed by atoms with E-state index in [4.69, 9.17) is 0 Å². The summed E-state index contributed by atoms with van der Waals surface area (Å²) in [6.07, 6.45) is 3.48. The van der Waals surface area contributed by atoms with Crippen molar-refractivity contribution >= 4 is 11.3 Å². The summed E-state index contributed by atoms with van der Waals surface area (Å²) in [4.78, 5) is 4.35. The summed E-state index contributed by atoms with van der Waals surface area (Å²) < 4.78 is 37.9. The maximum absolute atomic E-state index is 12.6. The smallest absolute Gasteiger partial charge is 0.314 e. The fourth-order valence-corrected chi connectivity index (χ4v) is 3.69. The van der Waals surface area contributed by atoms with E-state index in [1.165, 1.54) is 6.20 Å². The lowest BCUT2D eigenvalue weighted by Crippen LogP contribution is -2.30. The molecule has 2 unspecified atom stereocenters. The minimum absolute atomic E-state index is 0.223. The quantitative estimate of drug-likeness (QED) is 0.824. The summed E-state index contributed by atoms with van der Waals surface area (Å²) in [6.45, 7) is 3.11. The molecule has 1 aliphatic carbocycles. The number of nitrogens with zero attached hydrogens (tertiary/aromatic N) is 1. The third-order valence-corrected chi connectivity index (χ3v) is 4.98. The molecule has 2 nitrogen and oxygen atoms in total. The van der Waals surface area contributed by atoms with Crippen LogP contribution in [0.25, 0.3) is 0 Å². The molecular formula is C14H21F3N2S. The van der Waals surface area contributed by atoms with E-state index in [-0.39, 0.29) is 5.92 Å². The Morgan fingerprint density at radius 3 is 2.75 bits per heavy atom. The highest BCUT2D eigenvalue weighted by Crippen LogP contribution is 2.39. The van der Waals surface area contributed by atoms with Crippen molar-refractivity contribution in [2.75, 3.05) is 6.54 Å². The highest BCUT2D eigenvalue weighted by Gasteiger charge is 2.35. The zero-order chi connectivity index (χ0) is 14.6. The number of nitrogens with one attached hydrogen (secondary N) is 1. The van der Waals surface area contributed by atoms with Gasteiger partial charge in [-0.1, -0.05) is 19.8 Å². The van der Waals surface area contributed by atoms with E-state index >= 15 is 0 Å². The van der Waals surface area contributed by atoms with Crippen LogP contribution < -0.4 is 5.32 Å². The molecule has 0 amide bonds. The molecule has 0 saturated heterocycles. The maximum atomic E-state index is 12.6. The zero-order valence-electron chi connectivity index (χ0n) is 11.7. The summed E-state index contributed by atoms with van der Waals surface area (Å²) in [5, 5.41) is 2.80. The molecule has 6 heteroatoms. The Balaban J connectivity index is 2.04. The van der Waals surface area contributed by atoms with Crippen molar-refractivity contribution in [1.82, 2.24) is 10.3 Å². The van der Waals surface area contributed by atoms with Crippen LogP contribution in [0.4, 0.5) is 13.2 Å². The van der Waals surface area contributed by atoms with Gasteiger partial charge in [0.25, 0.3) is 0 Å². The molecule has 1 saturated carbocycles. The van der Waals surface area contributed by atoms with Gasteiger partial charge in [-0.2, -0.15) is 13.2 Å². The first kappa shape index (κ1) is 15.8. The van der Waals surface area contributed by atoms with Crippen LogP contribution in [0.15, 0.2) is 6.20 Å². The molecule has 1 heterocycles. The number of halogens is 3. The van der Waals surface area contributed by atoms with Gasteiger partial charge in [0.05, 0.1) is 0 Å². The Hall–Kier alpha value is -0.620. The lowest BCUT2D eigenvalue weighted by molar-refractivity contribution is -0.137. The van der Waals surface area contributed by atoms with Crippen molar-refractivity contribution < 1.29 is 13.2 Å². The minimum atomic E-state index is -4.31. The van der Waals surface area contributed by atoms with Crippen molar-refractivity contribution in [2.24, 2.45) is 0 Å². The molecule has 0 aliphatic heterocycles. The molecule has 1 N–H and O–H groups in total. The molecule has 0 spiro atoms. The van der Waals surface area contributed by atoms with Crippen LogP contribution in [0.1, 0.15) is 61.3 Å². The molecule has 1 fully saturated rings. The molecule has 20 heavy (non-hydrogen) atoms. The molecule has 114 valence electrons. The van der Waals surface area contributed by atoms with Gasteiger partial charge in [0.2, 0.25) is 0 Å². The van der Waals surface area contributed by atoms with E-state index in [0.29, 0.717) is 6.04 Å². The van der Waals surface area contributed by atoms with Crippen LogP contribution in [-0.4, -0.2) is 17.6 Å². The normalized spacial score (nSPS) is 24.6. The van der Waals surface area contributed by atoms with E-state index in [1.807, 2.05) is 0 Å². The summed E-state index contributed by atoms with van der Waals surface area (Å²) in [5.74, 6) is 0.223. The van der Waals surface area contributed by atoms with Gasteiger partial charge < -0.3 is 5.32 Å². The zero-order valence-corrected chi connectivity index (χ0v) is 12.5. The standard InChI is InChI=1S/C14H21F3N2S/c1-2-7-18-11-6-4-3-5-10(8-11)12-9-19-13(20-12)14(15,16)17/h9-11,18H,2-8H2,1H3. The Kier molecular flexibility index (Phi) is 5.43. The van der Waals surface area contributed by atoms with Crippen LogP contribution in [0.3, 0.4) is 0 Å². The number of aromatic nitrogens is 1. The van der Waals surface area contributed by atoms with E-state index < -0.39 is 11.2 Å². The SMILES string of the molecule is CCCNC1CCCCC(c2cnc(C(F)(F)F)s2)C1. The van der Waals surface area contributed by atoms with Crippen molar-refractivity contribution in [2.45, 2.75) is 63.6 Å². The van der Waals surface area contributed by atoms with Crippen LogP contribution >= 0.6 is 11.3 Å². The number of thiazole rings is 1. The second-order valence-electron chi connectivity index (χ2n) is 5.43. The first-order valence-electron chi connectivity index (χ1n) is 7.27. The largest absolute Gasteiger partial charge is 0.443 e. The van der Waals surface area contributed by atoms with Crippen LogP contribution in [0.5, 0.6) is 0 Å². The molecule has 1 aromatic heterocycles. The third kappa shape index (κ3) is 4.19. The third-order valence-electron chi connectivity index (χ3n) is 3.78.